The zero-order valence-electron chi connectivity index (χ0n) is 18.5. The highest BCUT2D eigenvalue weighted by Gasteiger charge is 2.51. The summed E-state index contributed by atoms with van der Waals surface area (Å²) in [5.41, 5.74) is -2.35. The third-order valence-electron chi connectivity index (χ3n) is 6.50. The van der Waals surface area contributed by atoms with E-state index in [0.717, 1.165) is 24.4 Å². The molecule has 0 spiro atoms. The number of sulfone groups is 1. The number of nitrogens with zero attached hydrogens (tertiary/aromatic N) is 2. The summed E-state index contributed by atoms with van der Waals surface area (Å²) in [6.45, 7) is 0. The summed E-state index contributed by atoms with van der Waals surface area (Å²) in [5, 5.41) is 10.5. The van der Waals surface area contributed by atoms with Crippen molar-refractivity contribution in [3.05, 3.63) is 48.0 Å². The van der Waals surface area contributed by atoms with Crippen LogP contribution in [0.5, 0.6) is 0 Å². The van der Waals surface area contributed by atoms with Crippen LogP contribution in [-0.4, -0.2) is 43.3 Å². The number of amides is 1. The molecule has 0 aliphatic heterocycles. The van der Waals surface area contributed by atoms with E-state index in [1.165, 1.54) is 13.3 Å². The summed E-state index contributed by atoms with van der Waals surface area (Å²) in [5.74, 6) is -2.24. The summed E-state index contributed by atoms with van der Waals surface area (Å²) in [4.78, 5) is 15.4. The van der Waals surface area contributed by atoms with Gasteiger partial charge in [-0.1, -0.05) is 6.07 Å². The number of alkyl halides is 3. The molecule has 1 N–H and O–H groups in total. The van der Waals surface area contributed by atoms with Gasteiger partial charge in [-0.15, -0.1) is 0 Å². The highest BCUT2D eigenvalue weighted by Crippen LogP contribution is 2.43. The number of hydrogen-bond donors (Lipinski definition) is 1. The Hall–Kier alpha value is -3.04. The number of benzene rings is 1. The molecular formula is C23H21F4N3O4S. The molecular weight excluding hydrogens is 490 g/mol. The average Bonchev–Trinajstić information content (AvgIpc) is 3.43. The first kappa shape index (κ1) is 25.1. The predicted molar refractivity (Wildman–Crippen MR) is 115 cm³/mol. The lowest BCUT2D eigenvalue weighted by Gasteiger charge is -2.19. The minimum Gasteiger partial charge on any atom is -0.381 e. The Morgan fingerprint density at radius 3 is 2.49 bits per heavy atom. The number of nitriles is 1. The van der Waals surface area contributed by atoms with Gasteiger partial charge in [0.05, 0.1) is 40.0 Å². The second-order valence-corrected chi connectivity index (χ2v) is 11.0. The van der Waals surface area contributed by atoms with Crippen molar-refractivity contribution in [1.82, 2.24) is 10.3 Å². The summed E-state index contributed by atoms with van der Waals surface area (Å²) in [6.07, 6.45) is -3.26. The number of rotatable bonds is 6. The Kier molecular flexibility index (Phi) is 6.36. The van der Waals surface area contributed by atoms with Crippen LogP contribution in [-0.2, 0) is 25.5 Å². The largest absolute Gasteiger partial charge is 0.417 e. The van der Waals surface area contributed by atoms with E-state index in [1.807, 2.05) is 6.07 Å². The zero-order chi connectivity index (χ0) is 25.6. The number of aromatic nitrogens is 1. The number of halogens is 4. The Morgan fingerprint density at radius 2 is 1.91 bits per heavy atom. The highest BCUT2D eigenvalue weighted by atomic mass is 32.2. The molecule has 186 valence electrons. The highest BCUT2D eigenvalue weighted by molar-refractivity contribution is 7.92. The van der Waals surface area contributed by atoms with Crippen LogP contribution in [0.3, 0.4) is 0 Å². The standard InChI is InChI=1S/C23H21F4N3O4S/c1-34-19-9-16(8-17(19)21(31)30-22(12-28)4-5-22)35(32,33)20-3-2-13(7-18(20)23(25,26)27)14-6-15(24)11-29-10-14/h2-3,6-7,10-11,16-17,19H,4-5,8-9H2,1H3,(H,30,31)/t16-,17-,19-/m0/s1. The molecule has 2 aliphatic rings. The van der Waals surface area contributed by atoms with E-state index in [2.05, 4.69) is 10.3 Å². The molecule has 2 aromatic rings. The molecule has 4 rings (SSSR count). The van der Waals surface area contributed by atoms with Crippen molar-refractivity contribution in [3.63, 3.8) is 0 Å². The van der Waals surface area contributed by atoms with Gasteiger partial charge in [0.15, 0.2) is 9.84 Å². The summed E-state index contributed by atoms with van der Waals surface area (Å²) in [6, 6.07) is 5.67. The van der Waals surface area contributed by atoms with Crippen LogP contribution in [0.1, 0.15) is 31.2 Å². The number of methoxy groups -OCH3 is 1. The third-order valence-corrected chi connectivity index (χ3v) is 8.73. The fraction of sp³-hybridized carbons (Fsp3) is 0.435. The van der Waals surface area contributed by atoms with Crippen molar-refractivity contribution in [2.24, 2.45) is 5.92 Å². The molecule has 0 bridgehead atoms. The maximum absolute atomic E-state index is 13.9. The van der Waals surface area contributed by atoms with Crippen molar-refractivity contribution in [2.45, 2.75) is 53.6 Å². The second kappa shape index (κ2) is 8.87. The number of nitrogens with one attached hydrogen (secondary N) is 1. The first-order chi connectivity index (χ1) is 16.4. The number of carbonyl (C=O) groups excluding carboxylic acids is 1. The fourth-order valence-electron chi connectivity index (χ4n) is 4.39. The molecule has 2 aliphatic carbocycles. The van der Waals surface area contributed by atoms with Gasteiger partial charge in [0.2, 0.25) is 5.91 Å². The van der Waals surface area contributed by atoms with Gasteiger partial charge in [-0.2, -0.15) is 18.4 Å². The minimum atomic E-state index is -5.01. The molecule has 1 aromatic heterocycles. The van der Waals surface area contributed by atoms with E-state index in [1.54, 1.807) is 0 Å². The second-order valence-electron chi connectivity index (χ2n) is 8.80. The molecule has 3 atom stereocenters. The Labute approximate surface area is 199 Å². The van der Waals surface area contributed by atoms with Gasteiger partial charge in [0.25, 0.3) is 0 Å². The van der Waals surface area contributed by atoms with Crippen LogP contribution < -0.4 is 5.32 Å². The van der Waals surface area contributed by atoms with E-state index in [9.17, 15) is 36.0 Å². The van der Waals surface area contributed by atoms with Crippen LogP contribution >= 0.6 is 0 Å². The van der Waals surface area contributed by atoms with Crippen LogP contribution in [0.4, 0.5) is 17.6 Å². The van der Waals surface area contributed by atoms with Crippen molar-refractivity contribution in [2.75, 3.05) is 7.11 Å². The normalized spacial score (nSPS) is 23.5. The van der Waals surface area contributed by atoms with Gasteiger partial charge in [0.1, 0.15) is 11.4 Å². The molecule has 0 radical (unpaired) electrons. The van der Waals surface area contributed by atoms with E-state index >= 15 is 0 Å². The average molecular weight is 511 g/mol. The SMILES string of the molecule is CO[C@H]1C[C@@H](S(=O)(=O)c2ccc(-c3cncc(F)c3)cc2C(F)(F)F)C[C@@H]1C(=O)NC1(C#N)CC1. The minimum absolute atomic E-state index is 0.0482. The molecule has 1 heterocycles. The van der Waals surface area contributed by atoms with E-state index in [0.29, 0.717) is 18.9 Å². The van der Waals surface area contributed by atoms with Crippen molar-refractivity contribution >= 4 is 15.7 Å². The topological polar surface area (TPSA) is 109 Å². The molecule has 2 saturated carbocycles. The van der Waals surface area contributed by atoms with Crippen molar-refractivity contribution < 1.29 is 35.5 Å². The van der Waals surface area contributed by atoms with Gasteiger partial charge >= 0.3 is 6.18 Å². The van der Waals surface area contributed by atoms with Gasteiger partial charge in [-0.3, -0.25) is 9.78 Å². The first-order valence-electron chi connectivity index (χ1n) is 10.7. The predicted octanol–water partition coefficient (Wildman–Crippen LogP) is 3.65. The number of ether oxygens (including phenoxy) is 1. The lowest BCUT2D eigenvalue weighted by molar-refractivity contribution is -0.139. The maximum atomic E-state index is 13.9. The van der Waals surface area contributed by atoms with Gasteiger partial charge < -0.3 is 10.1 Å². The molecule has 2 fully saturated rings. The molecule has 1 aromatic carbocycles. The lowest BCUT2D eigenvalue weighted by Crippen LogP contribution is -2.42. The zero-order valence-corrected chi connectivity index (χ0v) is 19.3. The van der Waals surface area contributed by atoms with E-state index in [4.69, 9.17) is 4.74 Å². The van der Waals surface area contributed by atoms with E-state index < -0.39 is 61.0 Å². The monoisotopic (exact) mass is 511 g/mol. The summed E-state index contributed by atoms with van der Waals surface area (Å²) in [7, 11) is -3.25. The Bertz CT molecular complexity index is 1300. The molecule has 35 heavy (non-hydrogen) atoms. The molecule has 7 nitrogen and oxygen atoms in total. The number of hydrogen-bond acceptors (Lipinski definition) is 6. The van der Waals surface area contributed by atoms with Crippen molar-refractivity contribution in [1.29, 1.82) is 5.26 Å². The van der Waals surface area contributed by atoms with Crippen LogP contribution in [0, 0.1) is 23.1 Å². The van der Waals surface area contributed by atoms with E-state index in [-0.39, 0.29) is 24.0 Å². The fourth-order valence-corrected chi connectivity index (χ4v) is 6.39. The molecule has 0 saturated heterocycles. The summed E-state index contributed by atoms with van der Waals surface area (Å²) < 4.78 is 87.4. The molecule has 0 unspecified atom stereocenters. The summed E-state index contributed by atoms with van der Waals surface area (Å²) >= 11 is 0. The van der Waals surface area contributed by atoms with Crippen molar-refractivity contribution in [3.8, 4) is 17.2 Å². The maximum Gasteiger partial charge on any atom is 0.417 e. The first-order valence-corrected chi connectivity index (χ1v) is 12.3. The molecule has 1 amide bonds. The third kappa shape index (κ3) is 4.88. The number of pyridine rings is 1. The quantitative estimate of drug-likeness (QED) is 0.593. The lowest BCUT2D eigenvalue weighted by atomic mass is 10.0. The molecule has 12 heteroatoms. The van der Waals surface area contributed by atoms with Crippen LogP contribution in [0.2, 0.25) is 0 Å². The Morgan fingerprint density at radius 1 is 1.20 bits per heavy atom. The van der Waals surface area contributed by atoms with Gasteiger partial charge in [0, 0.05) is 18.9 Å². The van der Waals surface area contributed by atoms with Gasteiger partial charge in [-0.25, -0.2) is 12.8 Å². The van der Waals surface area contributed by atoms with Gasteiger partial charge in [-0.05, 0) is 49.4 Å². The van der Waals surface area contributed by atoms with Crippen LogP contribution in [0.25, 0.3) is 11.1 Å². The smallest absolute Gasteiger partial charge is 0.381 e. The number of carbonyl (C=O) groups is 1. The van der Waals surface area contributed by atoms with Crippen LogP contribution in [0.15, 0.2) is 41.6 Å². The Balaban J connectivity index is 1.67.